The van der Waals surface area contributed by atoms with Gasteiger partial charge in [-0.1, -0.05) is 35.9 Å². The van der Waals surface area contributed by atoms with Crippen LogP contribution in [-0.4, -0.2) is 7.05 Å². The van der Waals surface area contributed by atoms with Crippen molar-refractivity contribution in [1.29, 1.82) is 0 Å². The molecule has 1 aliphatic carbocycles. The second kappa shape index (κ2) is 6.50. The molecule has 21 heavy (non-hydrogen) atoms. The quantitative estimate of drug-likeness (QED) is 0.897. The van der Waals surface area contributed by atoms with Crippen molar-refractivity contribution in [3.8, 4) is 5.75 Å². The molecule has 2 nitrogen and oxygen atoms in total. The number of hydrogen-bond acceptors (Lipinski definition) is 2. The van der Waals surface area contributed by atoms with Gasteiger partial charge in [0.2, 0.25) is 0 Å². The summed E-state index contributed by atoms with van der Waals surface area (Å²) in [5.74, 6) is 0.922. The van der Waals surface area contributed by atoms with Crippen molar-refractivity contribution >= 4 is 11.6 Å². The summed E-state index contributed by atoms with van der Waals surface area (Å²) in [6.07, 6.45) is 3.58. The van der Waals surface area contributed by atoms with Gasteiger partial charge in [0, 0.05) is 16.6 Å². The highest BCUT2D eigenvalue weighted by Crippen LogP contribution is 2.32. The van der Waals surface area contributed by atoms with Gasteiger partial charge in [-0.3, -0.25) is 0 Å². The fraction of sp³-hybridized carbons (Fsp3) is 0.333. The summed E-state index contributed by atoms with van der Waals surface area (Å²) in [6.45, 7) is 0.508. The summed E-state index contributed by atoms with van der Waals surface area (Å²) in [7, 11) is 2.03. The van der Waals surface area contributed by atoms with Crippen LogP contribution in [0.1, 0.15) is 35.6 Å². The summed E-state index contributed by atoms with van der Waals surface area (Å²) in [5, 5.41) is 4.14. The van der Waals surface area contributed by atoms with Crippen LogP contribution in [0.3, 0.4) is 0 Å². The average molecular weight is 302 g/mol. The van der Waals surface area contributed by atoms with Gasteiger partial charge >= 0.3 is 0 Å². The number of rotatable bonds is 4. The van der Waals surface area contributed by atoms with E-state index in [4.69, 9.17) is 16.3 Å². The number of aryl methyl sites for hydroxylation is 1. The van der Waals surface area contributed by atoms with Gasteiger partial charge < -0.3 is 10.1 Å². The molecule has 0 amide bonds. The Morgan fingerprint density at radius 2 is 2.10 bits per heavy atom. The fourth-order valence-corrected chi connectivity index (χ4v) is 3.15. The molecule has 3 heteroatoms. The van der Waals surface area contributed by atoms with Crippen molar-refractivity contribution in [2.45, 2.75) is 31.9 Å². The van der Waals surface area contributed by atoms with Crippen LogP contribution in [0.5, 0.6) is 5.75 Å². The minimum atomic E-state index is 0.478. The third-order valence-electron chi connectivity index (χ3n) is 4.13. The second-order valence-corrected chi connectivity index (χ2v) is 5.88. The molecule has 0 aliphatic heterocycles. The van der Waals surface area contributed by atoms with Gasteiger partial charge in [-0.25, -0.2) is 0 Å². The van der Waals surface area contributed by atoms with Crippen LogP contribution < -0.4 is 10.1 Å². The highest BCUT2D eigenvalue weighted by molar-refractivity contribution is 6.31. The summed E-state index contributed by atoms with van der Waals surface area (Å²) >= 11 is 6.16. The molecule has 0 saturated carbocycles. The van der Waals surface area contributed by atoms with Crippen molar-refractivity contribution in [2.24, 2.45) is 0 Å². The van der Waals surface area contributed by atoms with Crippen LogP contribution in [0.2, 0.25) is 5.02 Å². The van der Waals surface area contributed by atoms with Gasteiger partial charge in [-0.2, -0.15) is 0 Å². The minimum Gasteiger partial charge on any atom is -0.489 e. The zero-order valence-electron chi connectivity index (χ0n) is 12.2. The van der Waals surface area contributed by atoms with Crippen LogP contribution in [0.25, 0.3) is 0 Å². The predicted molar refractivity (Wildman–Crippen MR) is 87.0 cm³/mol. The van der Waals surface area contributed by atoms with Crippen LogP contribution in [-0.2, 0) is 13.0 Å². The monoisotopic (exact) mass is 301 g/mol. The molecule has 2 aromatic carbocycles. The fourth-order valence-electron chi connectivity index (χ4n) is 2.96. The van der Waals surface area contributed by atoms with Crippen LogP contribution >= 0.6 is 11.6 Å². The zero-order chi connectivity index (χ0) is 14.7. The molecule has 3 rings (SSSR count). The molecule has 0 bridgehead atoms. The first-order valence-corrected chi connectivity index (χ1v) is 7.82. The first-order chi connectivity index (χ1) is 10.3. The molecule has 0 heterocycles. The Labute approximate surface area is 131 Å². The van der Waals surface area contributed by atoms with Gasteiger partial charge in [0.15, 0.2) is 0 Å². The minimum absolute atomic E-state index is 0.478. The van der Waals surface area contributed by atoms with E-state index in [1.165, 1.54) is 24.0 Å². The molecule has 1 N–H and O–H groups in total. The van der Waals surface area contributed by atoms with Crippen molar-refractivity contribution in [2.75, 3.05) is 7.05 Å². The van der Waals surface area contributed by atoms with Gasteiger partial charge in [0.25, 0.3) is 0 Å². The lowest BCUT2D eigenvalue weighted by Gasteiger charge is -2.25. The Kier molecular flexibility index (Phi) is 4.47. The van der Waals surface area contributed by atoms with Crippen molar-refractivity contribution in [1.82, 2.24) is 5.32 Å². The van der Waals surface area contributed by atoms with Gasteiger partial charge in [-0.05, 0) is 55.6 Å². The summed E-state index contributed by atoms with van der Waals surface area (Å²) < 4.78 is 5.90. The summed E-state index contributed by atoms with van der Waals surface area (Å²) in [5.41, 5.74) is 3.83. The van der Waals surface area contributed by atoms with E-state index in [2.05, 4.69) is 23.5 Å². The van der Waals surface area contributed by atoms with Crippen molar-refractivity contribution in [3.05, 3.63) is 64.2 Å². The molecule has 0 saturated heterocycles. The molecule has 110 valence electrons. The van der Waals surface area contributed by atoms with E-state index in [9.17, 15) is 0 Å². The Bertz CT molecular complexity index is 626. The molecular weight excluding hydrogens is 282 g/mol. The Hall–Kier alpha value is -1.51. The van der Waals surface area contributed by atoms with E-state index in [0.29, 0.717) is 12.6 Å². The van der Waals surface area contributed by atoms with Gasteiger partial charge in [-0.15, -0.1) is 0 Å². The number of benzene rings is 2. The van der Waals surface area contributed by atoms with E-state index in [-0.39, 0.29) is 0 Å². The van der Waals surface area contributed by atoms with Crippen LogP contribution in [0.4, 0.5) is 0 Å². The Morgan fingerprint density at radius 1 is 1.24 bits per heavy atom. The van der Waals surface area contributed by atoms with Crippen LogP contribution in [0.15, 0.2) is 42.5 Å². The molecule has 0 aromatic heterocycles. The van der Waals surface area contributed by atoms with E-state index in [1.807, 2.05) is 31.3 Å². The van der Waals surface area contributed by atoms with Crippen LogP contribution in [0, 0.1) is 0 Å². The molecular formula is C18H20ClNO. The molecule has 2 aromatic rings. The maximum Gasteiger partial charge on any atom is 0.120 e. The highest BCUT2D eigenvalue weighted by Gasteiger charge is 2.18. The van der Waals surface area contributed by atoms with Gasteiger partial charge in [0.05, 0.1) is 0 Å². The topological polar surface area (TPSA) is 21.3 Å². The molecule has 1 unspecified atom stereocenters. The zero-order valence-corrected chi connectivity index (χ0v) is 13.0. The average Bonchev–Trinajstić information content (AvgIpc) is 2.53. The van der Waals surface area contributed by atoms with Gasteiger partial charge in [0.1, 0.15) is 12.4 Å². The van der Waals surface area contributed by atoms with E-state index in [1.54, 1.807) is 0 Å². The molecule has 0 spiro atoms. The molecule has 0 fully saturated rings. The third kappa shape index (κ3) is 3.22. The first kappa shape index (κ1) is 14.4. The molecule has 0 radical (unpaired) electrons. The SMILES string of the molecule is CNC1CCCc2cc(OCc3ccccc3Cl)ccc21. The Balaban J connectivity index is 1.74. The second-order valence-electron chi connectivity index (χ2n) is 5.47. The lowest BCUT2D eigenvalue weighted by molar-refractivity contribution is 0.305. The number of fused-ring (bicyclic) bond motifs is 1. The number of hydrogen-bond donors (Lipinski definition) is 1. The molecule has 1 atom stereocenters. The number of nitrogens with one attached hydrogen (secondary N) is 1. The lowest BCUT2D eigenvalue weighted by atomic mass is 9.87. The van der Waals surface area contributed by atoms with E-state index >= 15 is 0 Å². The maximum atomic E-state index is 6.16. The van der Waals surface area contributed by atoms with E-state index < -0.39 is 0 Å². The molecule has 1 aliphatic rings. The smallest absolute Gasteiger partial charge is 0.120 e. The summed E-state index contributed by atoms with van der Waals surface area (Å²) in [6, 6.07) is 14.7. The standard InChI is InChI=1S/C18H20ClNO/c1-20-18-8-4-6-13-11-15(9-10-16(13)18)21-12-14-5-2-3-7-17(14)19/h2-3,5,7,9-11,18,20H,4,6,8,12H2,1H3. The number of ether oxygens (including phenoxy) is 1. The maximum absolute atomic E-state index is 6.16. The lowest BCUT2D eigenvalue weighted by Crippen LogP contribution is -2.21. The number of halogens is 1. The van der Waals surface area contributed by atoms with Crippen molar-refractivity contribution < 1.29 is 4.74 Å². The summed E-state index contributed by atoms with van der Waals surface area (Å²) in [4.78, 5) is 0. The van der Waals surface area contributed by atoms with Crippen molar-refractivity contribution in [3.63, 3.8) is 0 Å². The normalized spacial score (nSPS) is 17.3. The first-order valence-electron chi connectivity index (χ1n) is 7.44. The third-order valence-corrected chi connectivity index (χ3v) is 4.50. The highest BCUT2D eigenvalue weighted by atomic mass is 35.5. The largest absolute Gasteiger partial charge is 0.489 e. The van der Waals surface area contributed by atoms with E-state index in [0.717, 1.165) is 22.8 Å². The Morgan fingerprint density at radius 3 is 2.90 bits per heavy atom. The predicted octanol–water partition coefficient (Wildman–Crippen LogP) is 4.52.